The lowest BCUT2D eigenvalue weighted by Crippen LogP contribution is -2.17. The van der Waals surface area contributed by atoms with Crippen LogP contribution in [0.25, 0.3) is 31.8 Å². The van der Waals surface area contributed by atoms with Crippen LogP contribution in [0.3, 0.4) is 0 Å². The van der Waals surface area contributed by atoms with E-state index in [2.05, 4.69) is 15.0 Å². The van der Waals surface area contributed by atoms with Gasteiger partial charge in [-0.2, -0.15) is 4.98 Å². The Morgan fingerprint density at radius 3 is 2.82 bits per heavy atom. The van der Waals surface area contributed by atoms with Gasteiger partial charge in [-0.25, -0.2) is 9.37 Å². The number of rotatable bonds is 5. The van der Waals surface area contributed by atoms with Gasteiger partial charge in [-0.3, -0.25) is 4.98 Å². The van der Waals surface area contributed by atoms with Crippen molar-refractivity contribution in [2.45, 2.75) is 13.0 Å². The Balaban J connectivity index is 1.85. The van der Waals surface area contributed by atoms with Gasteiger partial charge in [0.05, 0.1) is 25.4 Å². The summed E-state index contributed by atoms with van der Waals surface area (Å²) in [5.41, 5.74) is 1.83. The molecule has 0 bridgehead atoms. The van der Waals surface area contributed by atoms with Crippen molar-refractivity contribution in [3.8, 4) is 22.2 Å². The number of aliphatic hydroxyl groups excluding tert-OH is 1. The lowest BCUT2D eigenvalue weighted by Gasteiger charge is -2.10. The Morgan fingerprint density at radius 2 is 2.07 bits per heavy atom. The first-order valence-corrected chi connectivity index (χ1v) is 9.56. The highest BCUT2D eigenvalue weighted by molar-refractivity contribution is 7.21. The molecule has 28 heavy (non-hydrogen) atoms. The molecule has 1 aromatic carbocycles. The van der Waals surface area contributed by atoms with Gasteiger partial charge in [0.25, 0.3) is 5.88 Å². The largest absolute Gasteiger partial charge is 0.495 e. The van der Waals surface area contributed by atoms with Crippen LogP contribution < -0.4 is 9.47 Å². The quantitative estimate of drug-likeness (QED) is 0.514. The maximum Gasteiger partial charge on any atom is 0.252 e. The van der Waals surface area contributed by atoms with E-state index in [4.69, 9.17) is 26.2 Å². The summed E-state index contributed by atoms with van der Waals surface area (Å²) in [5, 5.41) is 11.0. The lowest BCUT2D eigenvalue weighted by atomic mass is 10.1. The van der Waals surface area contributed by atoms with Gasteiger partial charge in [0.15, 0.2) is 5.82 Å². The monoisotopic (exact) mass is 419 g/mol. The molecule has 1 unspecified atom stereocenters. The average Bonchev–Trinajstić information content (AvgIpc) is 3.09. The minimum Gasteiger partial charge on any atom is -0.495 e. The van der Waals surface area contributed by atoms with Crippen LogP contribution in [0.4, 0.5) is 4.39 Å². The SMILES string of the molecule is COc1cnc2c(-c3nc4cc(F)c(OC(C)CO)nc4s3)cc(Cl)cc2c1. The van der Waals surface area contributed by atoms with E-state index in [1.807, 2.05) is 6.07 Å². The Hall–Kier alpha value is -2.55. The molecule has 144 valence electrons. The highest BCUT2D eigenvalue weighted by Gasteiger charge is 2.17. The number of halogens is 2. The molecule has 0 aliphatic heterocycles. The van der Waals surface area contributed by atoms with E-state index < -0.39 is 11.9 Å². The van der Waals surface area contributed by atoms with Crippen molar-refractivity contribution in [2.75, 3.05) is 13.7 Å². The zero-order chi connectivity index (χ0) is 19.8. The first-order chi connectivity index (χ1) is 13.5. The van der Waals surface area contributed by atoms with E-state index in [1.165, 1.54) is 17.4 Å². The van der Waals surface area contributed by atoms with Crippen LogP contribution in [0.1, 0.15) is 6.92 Å². The third-order valence-electron chi connectivity index (χ3n) is 4.06. The van der Waals surface area contributed by atoms with Crippen LogP contribution in [-0.2, 0) is 0 Å². The molecule has 6 nitrogen and oxygen atoms in total. The molecule has 4 aromatic rings. The van der Waals surface area contributed by atoms with E-state index >= 15 is 0 Å². The second-order valence-corrected chi connectivity index (χ2v) is 7.54. The number of aliphatic hydroxyl groups is 1. The summed E-state index contributed by atoms with van der Waals surface area (Å²) in [6, 6.07) is 6.67. The third-order valence-corrected chi connectivity index (χ3v) is 5.28. The van der Waals surface area contributed by atoms with E-state index in [9.17, 15) is 4.39 Å². The number of pyridine rings is 2. The van der Waals surface area contributed by atoms with Crippen LogP contribution in [0.2, 0.25) is 5.02 Å². The molecule has 3 heterocycles. The summed E-state index contributed by atoms with van der Waals surface area (Å²) >= 11 is 7.56. The van der Waals surface area contributed by atoms with Crippen molar-refractivity contribution in [3.63, 3.8) is 0 Å². The maximum atomic E-state index is 14.3. The van der Waals surface area contributed by atoms with Gasteiger partial charge in [-0.05, 0) is 25.1 Å². The number of benzene rings is 1. The number of aromatic nitrogens is 3. The molecule has 1 N–H and O–H groups in total. The Morgan fingerprint density at radius 1 is 1.25 bits per heavy atom. The van der Waals surface area contributed by atoms with Gasteiger partial charge in [0.1, 0.15) is 27.2 Å². The van der Waals surface area contributed by atoms with Gasteiger partial charge < -0.3 is 14.6 Å². The third kappa shape index (κ3) is 3.46. The van der Waals surface area contributed by atoms with Crippen molar-refractivity contribution in [2.24, 2.45) is 0 Å². The highest BCUT2D eigenvalue weighted by Crippen LogP contribution is 2.37. The number of hydrogen-bond donors (Lipinski definition) is 1. The molecule has 0 aliphatic carbocycles. The van der Waals surface area contributed by atoms with Crippen molar-refractivity contribution in [1.29, 1.82) is 0 Å². The summed E-state index contributed by atoms with van der Waals surface area (Å²) in [6.07, 6.45) is 1.05. The molecule has 0 saturated heterocycles. The van der Waals surface area contributed by atoms with Crippen LogP contribution in [0, 0.1) is 5.82 Å². The normalized spacial score (nSPS) is 12.5. The van der Waals surface area contributed by atoms with Gasteiger partial charge in [-0.1, -0.05) is 22.9 Å². The van der Waals surface area contributed by atoms with Gasteiger partial charge >= 0.3 is 0 Å². The standard InChI is InChI=1S/C19H15ClFN3O3S/c1-9(8-25)27-17-14(21)6-15-19(24-17)28-18(23-15)13-5-11(20)3-10-4-12(26-2)7-22-16(10)13/h3-7,9,25H,8H2,1-2H3. The zero-order valence-corrected chi connectivity index (χ0v) is 16.5. The summed E-state index contributed by atoms with van der Waals surface area (Å²) in [7, 11) is 1.57. The van der Waals surface area contributed by atoms with Crippen molar-refractivity contribution in [1.82, 2.24) is 15.0 Å². The molecular weight excluding hydrogens is 405 g/mol. The molecule has 0 radical (unpaired) electrons. The molecule has 0 amide bonds. The summed E-state index contributed by atoms with van der Waals surface area (Å²) in [5.74, 6) is -0.180. The maximum absolute atomic E-state index is 14.3. The van der Waals surface area contributed by atoms with E-state index in [0.717, 1.165) is 10.9 Å². The Kier molecular flexibility index (Phi) is 5.01. The average molecular weight is 420 g/mol. The summed E-state index contributed by atoms with van der Waals surface area (Å²) in [6.45, 7) is 1.39. The summed E-state index contributed by atoms with van der Waals surface area (Å²) in [4.78, 5) is 13.7. The first kappa shape index (κ1) is 18.8. The van der Waals surface area contributed by atoms with E-state index in [-0.39, 0.29) is 12.5 Å². The highest BCUT2D eigenvalue weighted by atomic mass is 35.5. The number of thiazole rings is 1. The van der Waals surface area contributed by atoms with E-state index in [0.29, 0.717) is 31.6 Å². The number of ether oxygens (including phenoxy) is 2. The lowest BCUT2D eigenvalue weighted by molar-refractivity contribution is 0.121. The predicted octanol–water partition coefficient (Wildman–Crippen LogP) is 4.47. The molecule has 0 saturated carbocycles. The fourth-order valence-electron chi connectivity index (χ4n) is 2.72. The van der Waals surface area contributed by atoms with Gasteiger partial charge in [0, 0.05) is 22.0 Å². The summed E-state index contributed by atoms with van der Waals surface area (Å²) < 4.78 is 24.8. The minimum absolute atomic E-state index is 0.164. The van der Waals surface area contributed by atoms with Crippen molar-refractivity contribution < 1.29 is 19.0 Å². The topological polar surface area (TPSA) is 77.4 Å². The Bertz CT molecular complexity index is 1180. The van der Waals surface area contributed by atoms with Crippen LogP contribution in [0.5, 0.6) is 11.6 Å². The molecule has 0 spiro atoms. The molecular formula is C19H15ClFN3O3S. The molecule has 3 aromatic heterocycles. The smallest absolute Gasteiger partial charge is 0.252 e. The molecule has 0 aliphatic rings. The number of methoxy groups -OCH3 is 1. The molecule has 4 rings (SSSR count). The van der Waals surface area contributed by atoms with Gasteiger partial charge in [-0.15, -0.1) is 0 Å². The fraction of sp³-hybridized carbons (Fsp3) is 0.211. The predicted molar refractivity (Wildman–Crippen MR) is 107 cm³/mol. The van der Waals surface area contributed by atoms with Crippen molar-refractivity contribution in [3.05, 3.63) is 41.3 Å². The number of nitrogens with zero attached hydrogens (tertiary/aromatic N) is 3. The minimum atomic E-state index is -0.636. The second-order valence-electron chi connectivity index (χ2n) is 6.13. The Labute approximate surface area is 168 Å². The van der Waals surface area contributed by atoms with E-state index in [1.54, 1.807) is 32.4 Å². The van der Waals surface area contributed by atoms with Crippen LogP contribution in [-0.4, -0.2) is 39.9 Å². The van der Waals surface area contributed by atoms with Crippen molar-refractivity contribution >= 4 is 44.2 Å². The first-order valence-electron chi connectivity index (χ1n) is 8.36. The fourth-order valence-corrected chi connectivity index (χ4v) is 3.88. The van der Waals surface area contributed by atoms with Crippen LogP contribution in [0.15, 0.2) is 30.5 Å². The molecule has 0 fully saturated rings. The number of hydrogen-bond acceptors (Lipinski definition) is 7. The van der Waals surface area contributed by atoms with Gasteiger partial charge in [0.2, 0.25) is 0 Å². The zero-order valence-electron chi connectivity index (χ0n) is 14.9. The molecule has 1 atom stereocenters. The van der Waals surface area contributed by atoms with Crippen LogP contribution >= 0.6 is 22.9 Å². The molecule has 9 heteroatoms. The second kappa shape index (κ2) is 7.46. The number of fused-ring (bicyclic) bond motifs is 2.